The van der Waals surface area contributed by atoms with Gasteiger partial charge in [0.05, 0.1) is 56.0 Å². The van der Waals surface area contributed by atoms with Gasteiger partial charge in [0.15, 0.2) is 5.65 Å². The van der Waals surface area contributed by atoms with Gasteiger partial charge in [0.25, 0.3) is 11.8 Å². The molecule has 1 unspecified atom stereocenters. The second-order valence-corrected chi connectivity index (χ2v) is 17.5. The number of ether oxygens (including phenoxy) is 3. The van der Waals surface area contributed by atoms with Crippen LogP contribution in [0.15, 0.2) is 79.1 Å². The molecule has 9 rings (SSSR count). The molecule has 5 amide bonds. The zero-order chi connectivity index (χ0) is 48.6. The molecule has 364 valence electrons. The molecule has 2 atom stereocenters. The van der Waals surface area contributed by atoms with E-state index in [9.17, 15) is 24.0 Å². The van der Waals surface area contributed by atoms with Gasteiger partial charge in [0.2, 0.25) is 23.7 Å². The summed E-state index contributed by atoms with van der Waals surface area (Å²) in [4.78, 5) is 78.3. The van der Waals surface area contributed by atoms with Gasteiger partial charge in [-0.1, -0.05) is 50.2 Å². The summed E-state index contributed by atoms with van der Waals surface area (Å²) in [6.45, 7) is 8.56. The lowest BCUT2D eigenvalue weighted by atomic mass is 9.99. The predicted octanol–water partition coefficient (Wildman–Crippen LogP) is 4.28. The van der Waals surface area contributed by atoms with E-state index in [4.69, 9.17) is 29.2 Å². The molecular weight excluding hydrogens is 897 g/mol. The highest BCUT2D eigenvalue weighted by Crippen LogP contribution is 2.34. The van der Waals surface area contributed by atoms with Gasteiger partial charge in [-0.2, -0.15) is 19.6 Å². The Bertz CT molecular complexity index is 2920. The van der Waals surface area contributed by atoms with Crippen LogP contribution in [0, 0.1) is 0 Å². The summed E-state index contributed by atoms with van der Waals surface area (Å²) < 4.78 is 19.4. The summed E-state index contributed by atoms with van der Waals surface area (Å²) in [5.41, 5.74) is 6.12. The van der Waals surface area contributed by atoms with Crippen LogP contribution >= 0.6 is 0 Å². The highest BCUT2D eigenvalue weighted by atomic mass is 16.5. The summed E-state index contributed by atoms with van der Waals surface area (Å²) in [6, 6.07) is 20.4. The highest BCUT2D eigenvalue weighted by molar-refractivity contribution is 6.25. The zero-order valence-corrected chi connectivity index (χ0v) is 39.1. The van der Waals surface area contributed by atoms with Gasteiger partial charge in [0.1, 0.15) is 12.1 Å². The Kier molecular flexibility index (Phi) is 14.8. The normalized spacial score (nSPS) is 17.0. The molecule has 0 radical (unpaired) electrons. The first-order valence-corrected chi connectivity index (χ1v) is 23.7. The molecular formula is C50H56N12O8. The Hall–Kier alpha value is -7.55. The molecule has 0 saturated carbocycles. The number of hydrogen-bond donors (Lipinski definition) is 6. The van der Waals surface area contributed by atoms with E-state index in [2.05, 4.69) is 75.1 Å². The first-order chi connectivity index (χ1) is 34.1. The van der Waals surface area contributed by atoms with Gasteiger partial charge in [-0.15, -0.1) is 0 Å². The molecule has 3 aromatic heterocycles. The third-order valence-electron chi connectivity index (χ3n) is 12.4. The Balaban J connectivity index is 0.707. The van der Waals surface area contributed by atoms with Crippen LogP contribution in [0.3, 0.4) is 0 Å². The van der Waals surface area contributed by atoms with Crippen LogP contribution in [0.25, 0.3) is 27.7 Å². The average Bonchev–Trinajstić information content (AvgIpc) is 3.91. The third-order valence-corrected chi connectivity index (χ3v) is 12.4. The number of rotatable bonds is 21. The van der Waals surface area contributed by atoms with Crippen molar-refractivity contribution in [3.05, 3.63) is 101 Å². The lowest BCUT2D eigenvalue weighted by Gasteiger charge is -2.27. The number of nitrogens with one attached hydrogen (secondary N) is 6. The van der Waals surface area contributed by atoms with Crippen molar-refractivity contribution in [3.63, 3.8) is 0 Å². The molecule has 0 bridgehead atoms. The van der Waals surface area contributed by atoms with Crippen molar-refractivity contribution in [2.45, 2.75) is 64.1 Å². The lowest BCUT2D eigenvalue weighted by molar-refractivity contribution is -0.136. The fraction of sp³-hybridized carbons (Fsp3) is 0.380. The molecule has 3 aromatic carbocycles. The summed E-state index contributed by atoms with van der Waals surface area (Å²) in [5.74, 6) is -1.98. The summed E-state index contributed by atoms with van der Waals surface area (Å²) in [6.07, 6.45) is 5.75. The number of fused-ring (bicyclic) bond motifs is 3. The number of nitrogens with zero attached hydrogens (tertiary/aromatic N) is 6. The van der Waals surface area contributed by atoms with Crippen LogP contribution in [-0.2, 0) is 30.4 Å². The minimum Gasteiger partial charge on any atom is -0.459 e. The number of carbonyl (C=O) groups excluding carboxylic acids is 5. The van der Waals surface area contributed by atoms with Crippen molar-refractivity contribution in [3.8, 4) is 17.3 Å². The van der Waals surface area contributed by atoms with Crippen LogP contribution in [0.5, 0.6) is 6.01 Å². The minimum absolute atomic E-state index is 0.00457. The Labute approximate surface area is 403 Å². The number of imide groups is 2. The van der Waals surface area contributed by atoms with E-state index in [1.807, 2.05) is 36.7 Å². The van der Waals surface area contributed by atoms with Crippen LogP contribution in [0.4, 0.5) is 17.3 Å². The molecule has 0 aliphatic carbocycles. The molecule has 3 aliphatic heterocycles. The standard InChI is InChI=1S/C50H56N12O8/c1-30(2)38-28-57-62-45(38)59-50(70-34-8-6-17-51-27-34)60-49(62)56-26-32-7-3-4-9-35(32)44-36-13-12-33(25-31(36)16-18-54-44)52-19-21-68-23-24-69-22-20-53-42(64)29-55-39-11-5-10-37-43(39)48(67)61(47(37)66)40-14-15-41(63)58-46(40)65/h3-5,7,9-13,16,18,25,28,30,34,40,51-52,55H,6,8,14-15,17,19-24,26-27,29H2,1-2H3,(H,53,64)(H,56,59,60)(H,58,63,65)/t34-,40?/m1/s1. The van der Waals surface area contributed by atoms with E-state index in [0.29, 0.717) is 50.6 Å². The van der Waals surface area contributed by atoms with E-state index >= 15 is 0 Å². The second kappa shape index (κ2) is 21.8. The zero-order valence-electron chi connectivity index (χ0n) is 39.1. The van der Waals surface area contributed by atoms with E-state index < -0.39 is 29.7 Å². The van der Waals surface area contributed by atoms with E-state index in [1.54, 1.807) is 16.6 Å². The topological polar surface area (TPSA) is 244 Å². The Morgan fingerprint density at radius 1 is 0.871 bits per heavy atom. The van der Waals surface area contributed by atoms with Gasteiger partial charge < -0.3 is 40.8 Å². The van der Waals surface area contributed by atoms with Gasteiger partial charge >= 0.3 is 6.01 Å². The van der Waals surface area contributed by atoms with Crippen molar-refractivity contribution in [2.24, 2.45) is 0 Å². The van der Waals surface area contributed by atoms with E-state index in [0.717, 1.165) is 75.3 Å². The molecule has 20 nitrogen and oxygen atoms in total. The molecule has 20 heteroatoms. The van der Waals surface area contributed by atoms with Crippen molar-refractivity contribution in [1.29, 1.82) is 0 Å². The summed E-state index contributed by atoms with van der Waals surface area (Å²) in [7, 11) is 0. The highest BCUT2D eigenvalue weighted by Gasteiger charge is 2.45. The molecule has 70 heavy (non-hydrogen) atoms. The van der Waals surface area contributed by atoms with Crippen LogP contribution in [-0.4, -0.2) is 130 Å². The number of pyridine rings is 1. The van der Waals surface area contributed by atoms with E-state index in [-0.39, 0.29) is 61.6 Å². The minimum atomic E-state index is -1.08. The van der Waals surface area contributed by atoms with Crippen molar-refractivity contribution < 1.29 is 38.2 Å². The van der Waals surface area contributed by atoms with Crippen molar-refractivity contribution >= 4 is 63.3 Å². The Morgan fingerprint density at radius 3 is 2.51 bits per heavy atom. The average molecular weight is 953 g/mol. The van der Waals surface area contributed by atoms with Crippen molar-refractivity contribution in [1.82, 2.24) is 45.4 Å². The number of amides is 5. The number of hydrogen-bond acceptors (Lipinski definition) is 16. The molecule has 2 fully saturated rings. The van der Waals surface area contributed by atoms with Gasteiger partial charge in [0, 0.05) is 66.7 Å². The largest absolute Gasteiger partial charge is 0.459 e. The second-order valence-electron chi connectivity index (χ2n) is 17.5. The quantitative estimate of drug-likeness (QED) is 0.0436. The van der Waals surface area contributed by atoms with Gasteiger partial charge in [-0.25, -0.2) is 0 Å². The number of piperidine rings is 2. The lowest BCUT2D eigenvalue weighted by Crippen LogP contribution is -2.54. The van der Waals surface area contributed by atoms with Crippen LogP contribution < -0.4 is 36.6 Å². The fourth-order valence-electron chi connectivity index (χ4n) is 8.85. The maximum Gasteiger partial charge on any atom is 0.322 e. The number of benzene rings is 3. The number of aromatic nitrogens is 5. The molecule has 6 aromatic rings. The van der Waals surface area contributed by atoms with Crippen LogP contribution in [0.1, 0.15) is 77.3 Å². The maximum absolute atomic E-state index is 13.3. The molecule has 6 N–H and O–H groups in total. The molecule has 0 spiro atoms. The first-order valence-electron chi connectivity index (χ1n) is 23.7. The number of carbonyl (C=O) groups is 5. The smallest absolute Gasteiger partial charge is 0.322 e. The fourth-order valence-corrected chi connectivity index (χ4v) is 8.85. The monoisotopic (exact) mass is 952 g/mol. The van der Waals surface area contributed by atoms with Gasteiger partial charge in [-0.3, -0.25) is 39.2 Å². The van der Waals surface area contributed by atoms with Crippen molar-refractivity contribution in [2.75, 3.05) is 75.1 Å². The summed E-state index contributed by atoms with van der Waals surface area (Å²) >= 11 is 0. The van der Waals surface area contributed by atoms with Gasteiger partial charge in [-0.05, 0) is 73.0 Å². The predicted molar refractivity (Wildman–Crippen MR) is 261 cm³/mol. The SMILES string of the molecule is CC(C)c1cnn2c(NCc3ccccc3-c3nccc4cc(NCCOCCOCCNC(=O)CNc5cccc6c5C(=O)N(C5CCC(=O)NC5=O)C6=O)ccc34)nc(O[C@@H]3CCCNC3)nc12. The van der Waals surface area contributed by atoms with Crippen LogP contribution in [0.2, 0.25) is 0 Å². The van der Waals surface area contributed by atoms with E-state index in [1.165, 1.54) is 6.07 Å². The maximum atomic E-state index is 13.3. The molecule has 3 aliphatic rings. The number of anilines is 3. The summed E-state index contributed by atoms with van der Waals surface area (Å²) in [5, 5.41) is 24.9. The molecule has 6 heterocycles. The first kappa shape index (κ1) is 47.5. The molecule has 2 saturated heterocycles. The Morgan fingerprint density at radius 2 is 1.70 bits per heavy atom. The third kappa shape index (κ3) is 10.7.